The Kier molecular flexibility index (Phi) is 7.72. The molecular formula is C45H60HfSi3. The minimum atomic E-state index is -5.09. The fraction of sp³-hybridized carbons (Fsp3) is 0.378. The van der Waals surface area contributed by atoms with Gasteiger partial charge in [-0.2, -0.15) is 0 Å². The van der Waals surface area contributed by atoms with Gasteiger partial charge in [0, 0.05) is 0 Å². The molecule has 4 heteroatoms. The molecule has 0 N–H and O–H groups in total. The third kappa shape index (κ3) is 5.40. The normalized spacial score (nSPS) is 21.8. The van der Waals surface area contributed by atoms with Crippen molar-refractivity contribution in [1.82, 2.24) is 0 Å². The van der Waals surface area contributed by atoms with E-state index in [0.717, 1.165) is 3.67 Å². The molecule has 4 aromatic rings. The molecule has 2 unspecified atom stereocenters. The van der Waals surface area contributed by atoms with Gasteiger partial charge >= 0.3 is 298 Å². The summed E-state index contributed by atoms with van der Waals surface area (Å²) in [7, 11) is -2.71. The first kappa shape index (κ1) is 35.3. The zero-order valence-corrected chi connectivity index (χ0v) is 38.9. The molecule has 2 atom stereocenters. The molecule has 0 amide bonds. The summed E-state index contributed by atoms with van der Waals surface area (Å²) in [6, 6.07) is 33.7. The summed E-state index contributed by atoms with van der Waals surface area (Å²) < 4.78 is 10.4. The van der Waals surface area contributed by atoms with Crippen LogP contribution in [0.15, 0.2) is 97.1 Å². The van der Waals surface area contributed by atoms with Gasteiger partial charge in [-0.1, -0.05) is 0 Å². The fourth-order valence-corrected chi connectivity index (χ4v) is 59.3. The molecule has 256 valence electrons. The van der Waals surface area contributed by atoms with E-state index in [0.29, 0.717) is 7.35 Å². The van der Waals surface area contributed by atoms with E-state index in [1.54, 1.807) is 11.1 Å². The number of rotatable bonds is 7. The first-order valence-corrected chi connectivity index (χ1v) is 51.5. The Labute approximate surface area is 295 Å². The molecule has 0 aliphatic heterocycles. The van der Waals surface area contributed by atoms with Crippen LogP contribution in [-0.2, 0) is 14.2 Å². The predicted molar refractivity (Wildman–Crippen MR) is 226 cm³/mol. The van der Waals surface area contributed by atoms with E-state index in [1.807, 2.05) is 0 Å². The Morgan fingerprint density at radius 1 is 0.531 bits per heavy atom. The molecule has 0 radical (unpaired) electrons. The second-order valence-corrected chi connectivity index (χ2v) is 112. The Bertz CT molecular complexity index is 2000. The van der Waals surface area contributed by atoms with E-state index in [4.69, 9.17) is 0 Å². The van der Waals surface area contributed by atoms with Gasteiger partial charge in [0.05, 0.1) is 0 Å². The summed E-state index contributed by atoms with van der Waals surface area (Å²) in [5.41, 5.74) is 11.6. The Morgan fingerprint density at radius 3 is 1.29 bits per heavy atom. The van der Waals surface area contributed by atoms with Crippen molar-refractivity contribution >= 4 is 45.6 Å². The SMILES string of the molecule is C[Si](C)(C)c1ccc(-c2cccc3c2C=C[CH]3[Hf]([CH3])([CH3])([CH3])(=[SiH2])([CH]2CCCCC2)[CH]2C=Cc3c(-c4ccc([Si](C)(C)C)cc4)cccc32)cc1. The first-order valence-electron chi connectivity index (χ1n) is 19.2. The van der Waals surface area contributed by atoms with Gasteiger partial charge in [0.2, 0.25) is 0 Å². The van der Waals surface area contributed by atoms with E-state index in [2.05, 4.69) is 169 Å². The maximum atomic E-state index is 2.93. The van der Waals surface area contributed by atoms with Crippen LogP contribution in [0.2, 0.25) is 57.0 Å². The van der Waals surface area contributed by atoms with E-state index in [1.165, 1.54) is 75.9 Å². The van der Waals surface area contributed by atoms with Crippen molar-refractivity contribution in [2.45, 2.75) is 96.5 Å². The molecule has 3 aliphatic carbocycles. The van der Waals surface area contributed by atoms with Crippen LogP contribution in [0.4, 0.5) is 0 Å². The second kappa shape index (κ2) is 10.7. The van der Waals surface area contributed by atoms with E-state index >= 15 is 0 Å². The molecule has 7 rings (SSSR count). The third-order valence-corrected chi connectivity index (χ3v) is 72.3. The number of hydrogen-bond acceptors (Lipinski definition) is 0. The van der Waals surface area contributed by atoms with Crippen LogP contribution < -0.4 is 10.4 Å². The van der Waals surface area contributed by atoms with Crippen molar-refractivity contribution in [3.63, 3.8) is 0 Å². The molecule has 0 saturated heterocycles. The number of fused-ring (bicyclic) bond motifs is 2. The second-order valence-electron chi connectivity index (χ2n) is 21.6. The van der Waals surface area contributed by atoms with Gasteiger partial charge in [0.1, 0.15) is 0 Å². The Balaban J connectivity index is 1.40. The van der Waals surface area contributed by atoms with Crippen LogP contribution in [0.3, 0.4) is 0 Å². The predicted octanol–water partition coefficient (Wildman–Crippen LogP) is 12.2. The van der Waals surface area contributed by atoms with Crippen LogP contribution in [0, 0.1) is 0 Å². The van der Waals surface area contributed by atoms with Crippen molar-refractivity contribution in [2.24, 2.45) is 0 Å². The number of benzene rings is 4. The zero-order chi connectivity index (χ0) is 35.1. The van der Waals surface area contributed by atoms with Gasteiger partial charge in [-0.15, -0.1) is 0 Å². The molecule has 1 saturated carbocycles. The van der Waals surface area contributed by atoms with Gasteiger partial charge in [0.25, 0.3) is 0 Å². The first-order chi connectivity index (χ1) is 22.8. The molecule has 49 heavy (non-hydrogen) atoms. The number of hydrogen-bond donors (Lipinski definition) is 0. The average molecular weight is 864 g/mol. The minimum absolute atomic E-state index is 0.446. The van der Waals surface area contributed by atoms with Crippen molar-refractivity contribution in [2.75, 3.05) is 0 Å². The van der Waals surface area contributed by atoms with Crippen LogP contribution >= 0.6 is 0 Å². The Morgan fingerprint density at radius 2 is 0.918 bits per heavy atom. The average Bonchev–Trinajstić information content (AvgIpc) is 3.72. The standard InChI is InChI=1S/2C18H19Si.C6H11.3CH3.Hf.H2Si/c2*1-19(2,3)16-12-10-15(11-13-16)18-9-5-7-14-6-4-8-17(14)18;1-2-4-6-5-3-1;;;;;/h2*4-13H,1-3H3;1H,2-6H2;3*1H3;;1H2. The van der Waals surface area contributed by atoms with Crippen LogP contribution in [0.1, 0.15) is 61.7 Å². The van der Waals surface area contributed by atoms with Crippen molar-refractivity contribution in [3.8, 4) is 22.3 Å². The third-order valence-electron chi connectivity index (χ3n) is 14.6. The van der Waals surface area contributed by atoms with Crippen molar-refractivity contribution in [1.29, 1.82) is 0 Å². The molecule has 4 aromatic carbocycles. The van der Waals surface area contributed by atoms with Gasteiger partial charge in [0.15, 0.2) is 0 Å². The monoisotopic (exact) mass is 864 g/mol. The summed E-state index contributed by atoms with van der Waals surface area (Å²) in [6.45, 7) is 17.2. The molecule has 0 bridgehead atoms. The van der Waals surface area contributed by atoms with Crippen LogP contribution in [-0.4, -0.2) is 23.1 Å². The molecule has 0 aromatic heterocycles. The summed E-state index contributed by atoms with van der Waals surface area (Å²) >= 11 is -5.09. The van der Waals surface area contributed by atoms with Crippen molar-refractivity contribution < 1.29 is 14.2 Å². The molecule has 1 fully saturated rings. The van der Waals surface area contributed by atoms with Gasteiger partial charge in [-0.05, 0) is 0 Å². The van der Waals surface area contributed by atoms with Crippen LogP contribution in [0.5, 0.6) is 0 Å². The molecule has 0 heterocycles. The summed E-state index contributed by atoms with van der Waals surface area (Å²) in [5.74, 6) is 0. The van der Waals surface area contributed by atoms with E-state index < -0.39 is 30.3 Å². The van der Waals surface area contributed by atoms with Crippen LogP contribution in [0.25, 0.3) is 34.4 Å². The van der Waals surface area contributed by atoms with Crippen molar-refractivity contribution in [3.05, 3.63) is 119 Å². The van der Waals surface area contributed by atoms with E-state index in [-0.39, 0.29) is 0 Å². The molecule has 0 nitrogen and oxygen atoms in total. The van der Waals surface area contributed by atoms with Gasteiger partial charge in [-0.25, -0.2) is 0 Å². The zero-order valence-electron chi connectivity index (χ0n) is 31.9. The molecule has 3 aliphatic rings. The molecular weight excluding hydrogens is 803 g/mol. The summed E-state index contributed by atoms with van der Waals surface area (Å²) in [4.78, 5) is 0. The van der Waals surface area contributed by atoms with Gasteiger partial charge < -0.3 is 0 Å². The number of allylic oxidation sites excluding steroid dienone is 2. The van der Waals surface area contributed by atoms with Gasteiger partial charge in [-0.3, -0.25) is 0 Å². The molecule has 0 spiro atoms. The summed E-state index contributed by atoms with van der Waals surface area (Å²) in [6.07, 6.45) is 17.4. The Hall–Kier alpha value is -2.12. The maximum absolute atomic E-state index is 5.09. The fourth-order valence-electron chi connectivity index (χ4n) is 11.1. The van der Waals surface area contributed by atoms with E-state index in [9.17, 15) is 0 Å². The quantitative estimate of drug-likeness (QED) is 0.162. The summed E-state index contributed by atoms with van der Waals surface area (Å²) in [5, 5.41) is 3.06. The topological polar surface area (TPSA) is 0 Å².